The van der Waals surface area contributed by atoms with E-state index in [1.807, 2.05) is 19.1 Å². The first-order chi connectivity index (χ1) is 7.66. The zero-order valence-electron chi connectivity index (χ0n) is 8.53. The smallest absolute Gasteiger partial charge is 0.311 e. The summed E-state index contributed by atoms with van der Waals surface area (Å²) in [6.45, 7) is 1.94. The van der Waals surface area contributed by atoms with Crippen molar-refractivity contribution in [2.45, 2.75) is 6.92 Å². The number of ether oxygens (including phenoxy) is 1. The summed E-state index contributed by atoms with van der Waals surface area (Å²) >= 11 is 3.39. The van der Waals surface area contributed by atoms with E-state index in [0.717, 1.165) is 10.0 Å². The normalized spacial score (nSPS) is 10.1. The van der Waals surface area contributed by atoms with Gasteiger partial charge in [0.05, 0.1) is 0 Å². The zero-order chi connectivity index (χ0) is 11.5. The number of hydrogen-bond acceptors (Lipinski definition) is 3. The molecule has 16 heavy (non-hydrogen) atoms. The van der Waals surface area contributed by atoms with E-state index in [4.69, 9.17) is 4.74 Å². The van der Waals surface area contributed by atoms with E-state index in [2.05, 4.69) is 25.9 Å². The summed E-state index contributed by atoms with van der Waals surface area (Å²) in [4.78, 5) is 17.7. The summed E-state index contributed by atoms with van der Waals surface area (Å²) in [5.74, 6) is 0.633. The van der Waals surface area contributed by atoms with Crippen LogP contribution >= 0.6 is 15.9 Å². The number of H-pyrrole nitrogens is 1. The van der Waals surface area contributed by atoms with Crippen LogP contribution in [0, 0.1) is 6.92 Å². The molecule has 0 aliphatic carbocycles. The molecule has 0 aliphatic rings. The standard InChI is InChI=1S/C11H9BrN2O2/c1-7-6-8(2-3-9(7)12)16-11-10(15)13-4-5-14-11/h2-6H,1H3,(H,13,15). The van der Waals surface area contributed by atoms with E-state index in [-0.39, 0.29) is 11.4 Å². The summed E-state index contributed by atoms with van der Waals surface area (Å²) in [7, 11) is 0. The van der Waals surface area contributed by atoms with Gasteiger partial charge in [0.2, 0.25) is 0 Å². The van der Waals surface area contributed by atoms with Gasteiger partial charge in [-0.1, -0.05) is 15.9 Å². The van der Waals surface area contributed by atoms with Gasteiger partial charge >= 0.3 is 5.56 Å². The zero-order valence-corrected chi connectivity index (χ0v) is 10.1. The Kier molecular flexibility index (Phi) is 3.05. The van der Waals surface area contributed by atoms with Crippen molar-refractivity contribution in [2.75, 3.05) is 0 Å². The fourth-order valence-electron chi connectivity index (χ4n) is 1.20. The highest BCUT2D eigenvalue weighted by Crippen LogP contribution is 2.23. The number of hydrogen-bond donors (Lipinski definition) is 1. The molecule has 1 heterocycles. The molecular formula is C11H9BrN2O2. The summed E-state index contributed by atoms with van der Waals surface area (Å²) in [6.07, 6.45) is 2.93. The van der Waals surface area contributed by atoms with Crippen molar-refractivity contribution >= 4 is 15.9 Å². The fourth-order valence-corrected chi connectivity index (χ4v) is 1.45. The Morgan fingerprint density at radius 2 is 2.25 bits per heavy atom. The lowest BCUT2D eigenvalue weighted by Gasteiger charge is -2.05. The molecule has 82 valence electrons. The molecule has 5 heteroatoms. The SMILES string of the molecule is Cc1cc(Oc2ncc[nH]c2=O)ccc1Br. The van der Waals surface area contributed by atoms with Crippen LogP contribution in [0.1, 0.15) is 5.56 Å². The minimum absolute atomic E-state index is 0.0456. The van der Waals surface area contributed by atoms with Crippen LogP contribution in [0.15, 0.2) is 39.9 Å². The topological polar surface area (TPSA) is 55.0 Å². The van der Waals surface area contributed by atoms with Gasteiger partial charge < -0.3 is 9.72 Å². The van der Waals surface area contributed by atoms with Gasteiger partial charge in [-0.3, -0.25) is 4.79 Å². The molecule has 0 spiro atoms. The Morgan fingerprint density at radius 1 is 1.44 bits per heavy atom. The molecule has 0 fully saturated rings. The van der Waals surface area contributed by atoms with E-state index in [1.165, 1.54) is 12.4 Å². The third-order valence-corrected chi connectivity index (χ3v) is 2.91. The number of aromatic nitrogens is 2. The number of halogens is 1. The first-order valence-corrected chi connectivity index (χ1v) is 5.44. The molecule has 0 unspecified atom stereocenters. The van der Waals surface area contributed by atoms with Crippen LogP contribution in [0.5, 0.6) is 11.6 Å². The first kappa shape index (κ1) is 10.9. The third-order valence-electron chi connectivity index (χ3n) is 2.02. The molecule has 0 amide bonds. The average Bonchev–Trinajstić information content (AvgIpc) is 2.27. The Hall–Kier alpha value is -1.62. The van der Waals surface area contributed by atoms with Crippen molar-refractivity contribution < 1.29 is 4.74 Å². The summed E-state index contributed by atoms with van der Waals surface area (Å²) in [5, 5.41) is 0. The van der Waals surface area contributed by atoms with Gasteiger partial charge in [-0.25, -0.2) is 4.98 Å². The van der Waals surface area contributed by atoms with E-state index in [9.17, 15) is 4.79 Å². The maximum atomic E-state index is 11.3. The van der Waals surface area contributed by atoms with Crippen LogP contribution in [0.2, 0.25) is 0 Å². The maximum absolute atomic E-state index is 11.3. The highest BCUT2D eigenvalue weighted by molar-refractivity contribution is 9.10. The van der Waals surface area contributed by atoms with Gasteiger partial charge in [0.15, 0.2) is 0 Å². The van der Waals surface area contributed by atoms with Crippen LogP contribution < -0.4 is 10.3 Å². The van der Waals surface area contributed by atoms with Gasteiger partial charge in [0, 0.05) is 16.9 Å². The predicted octanol–water partition coefficient (Wildman–Crippen LogP) is 2.63. The van der Waals surface area contributed by atoms with Gasteiger partial charge in [0.25, 0.3) is 5.88 Å². The van der Waals surface area contributed by atoms with Crippen LogP contribution in [0.25, 0.3) is 0 Å². The minimum atomic E-state index is -0.344. The monoisotopic (exact) mass is 280 g/mol. The molecule has 0 saturated heterocycles. The van der Waals surface area contributed by atoms with Crippen molar-refractivity contribution in [3.8, 4) is 11.6 Å². The van der Waals surface area contributed by atoms with Crippen LogP contribution in [-0.2, 0) is 0 Å². The maximum Gasteiger partial charge on any atom is 0.311 e. The van der Waals surface area contributed by atoms with Crippen molar-refractivity contribution in [3.05, 3.63) is 51.0 Å². The molecular weight excluding hydrogens is 272 g/mol. The van der Waals surface area contributed by atoms with Crippen molar-refractivity contribution in [1.29, 1.82) is 0 Å². The molecule has 4 nitrogen and oxygen atoms in total. The van der Waals surface area contributed by atoms with Gasteiger partial charge in [-0.05, 0) is 30.7 Å². The van der Waals surface area contributed by atoms with E-state index >= 15 is 0 Å². The summed E-state index contributed by atoms with van der Waals surface area (Å²) in [5.41, 5.74) is 0.688. The molecule has 1 aromatic heterocycles. The van der Waals surface area contributed by atoms with Crippen LogP contribution in [0.3, 0.4) is 0 Å². The Bertz CT molecular complexity index is 566. The lowest BCUT2D eigenvalue weighted by molar-refractivity contribution is 0.454. The molecule has 1 aromatic carbocycles. The molecule has 2 aromatic rings. The molecule has 0 radical (unpaired) electrons. The van der Waals surface area contributed by atoms with Gasteiger partial charge in [0.1, 0.15) is 5.75 Å². The largest absolute Gasteiger partial charge is 0.435 e. The molecule has 0 atom stereocenters. The molecule has 1 N–H and O–H groups in total. The predicted molar refractivity (Wildman–Crippen MR) is 63.8 cm³/mol. The fraction of sp³-hybridized carbons (Fsp3) is 0.0909. The molecule has 0 aliphatic heterocycles. The highest BCUT2D eigenvalue weighted by atomic mass is 79.9. The van der Waals surface area contributed by atoms with Crippen LogP contribution in [0.4, 0.5) is 0 Å². The molecule has 0 saturated carbocycles. The van der Waals surface area contributed by atoms with Crippen LogP contribution in [-0.4, -0.2) is 9.97 Å². The third kappa shape index (κ3) is 2.30. The lowest BCUT2D eigenvalue weighted by Crippen LogP contribution is -2.09. The number of aromatic amines is 1. The van der Waals surface area contributed by atoms with E-state index in [1.54, 1.807) is 6.07 Å². The lowest BCUT2D eigenvalue weighted by atomic mass is 10.2. The highest BCUT2D eigenvalue weighted by Gasteiger charge is 2.04. The Morgan fingerprint density at radius 3 is 2.94 bits per heavy atom. The van der Waals surface area contributed by atoms with E-state index < -0.39 is 0 Å². The van der Waals surface area contributed by atoms with Gasteiger partial charge in [-0.15, -0.1) is 0 Å². The second kappa shape index (κ2) is 4.49. The summed E-state index contributed by atoms with van der Waals surface area (Å²) in [6, 6.07) is 5.46. The quantitative estimate of drug-likeness (QED) is 0.920. The number of nitrogens with zero attached hydrogens (tertiary/aromatic N) is 1. The number of aryl methyl sites for hydroxylation is 1. The molecule has 0 bridgehead atoms. The second-order valence-corrected chi connectivity index (χ2v) is 4.09. The number of nitrogens with one attached hydrogen (secondary N) is 1. The second-order valence-electron chi connectivity index (χ2n) is 3.24. The Balaban J connectivity index is 2.31. The number of rotatable bonds is 2. The Labute approximate surface area is 100 Å². The number of benzene rings is 1. The first-order valence-electron chi connectivity index (χ1n) is 4.64. The molecule has 2 rings (SSSR count). The van der Waals surface area contributed by atoms with Gasteiger partial charge in [-0.2, -0.15) is 0 Å². The van der Waals surface area contributed by atoms with Crippen molar-refractivity contribution in [3.63, 3.8) is 0 Å². The minimum Gasteiger partial charge on any atom is -0.435 e. The summed E-state index contributed by atoms with van der Waals surface area (Å²) < 4.78 is 6.36. The van der Waals surface area contributed by atoms with E-state index in [0.29, 0.717) is 5.75 Å². The van der Waals surface area contributed by atoms with Crippen molar-refractivity contribution in [2.24, 2.45) is 0 Å². The average molecular weight is 281 g/mol. The van der Waals surface area contributed by atoms with Crippen molar-refractivity contribution in [1.82, 2.24) is 9.97 Å².